The average Bonchev–Trinajstić information content (AvgIpc) is 2.72. The van der Waals surface area contributed by atoms with E-state index in [1.54, 1.807) is 7.11 Å². The number of aromatic nitrogens is 2. The van der Waals surface area contributed by atoms with Crippen molar-refractivity contribution in [3.05, 3.63) is 12.4 Å². The maximum absolute atomic E-state index is 11.2. The Kier molecular flexibility index (Phi) is 5.73. The molecule has 1 aromatic rings. The molecule has 0 aromatic carbocycles. The van der Waals surface area contributed by atoms with Gasteiger partial charge in [0.1, 0.15) is 4.90 Å². The molecule has 7 nitrogen and oxygen atoms in total. The van der Waals surface area contributed by atoms with Gasteiger partial charge in [0, 0.05) is 32.7 Å². The molecule has 1 heterocycles. The van der Waals surface area contributed by atoms with Crippen LogP contribution in [0.2, 0.25) is 0 Å². The van der Waals surface area contributed by atoms with E-state index in [1.807, 2.05) is 0 Å². The summed E-state index contributed by atoms with van der Waals surface area (Å²) in [5.41, 5.74) is 0. The Morgan fingerprint density at radius 2 is 2.33 bits per heavy atom. The molecule has 2 N–H and O–H groups in total. The van der Waals surface area contributed by atoms with E-state index in [-0.39, 0.29) is 11.4 Å². The monoisotopic (exact) mass is 277 g/mol. The largest absolute Gasteiger partial charge is 0.390 e. The minimum atomic E-state index is -3.24. The Morgan fingerprint density at radius 3 is 2.89 bits per heavy atom. The third kappa shape index (κ3) is 5.13. The number of nitrogens with one attached hydrogen (secondary N) is 1. The maximum atomic E-state index is 11.2. The van der Waals surface area contributed by atoms with Gasteiger partial charge >= 0.3 is 0 Å². The van der Waals surface area contributed by atoms with E-state index in [1.165, 1.54) is 17.1 Å². The first-order valence-corrected chi connectivity index (χ1v) is 7.43. The molecule has 8 heteroatoms. The van der Waals surface area contributed by atoms with Crippen molar-refractivity contribution in [1.29, 1.82) is 0 Å². The topological polar surface area (TPSA) is 93.5 Å². The van der Waals surface area contributed by atoms with Crippen LogP contribution in [0.3, 0.4) is 0 Å². The molecule has 0 bridgehead atoms. The number of hydrogen-bond donors (Lipinski definition) is 2. The molecule has 0 spiro atoms. The summed E-state index contributed by atoms with van der Waals surface area (Å²) in [5, 5.41) is 16.6. The van der Waals surface area contributed by atoms with Crippen LogP contribution in [0.25, 0.3) is 0 Å². The lowest BCUT2D eigenvalue weighted by Gasteiger charge is -2.11. The van der Waals surface area contributed by atoms with Gasteiger partial charge < -0.3 is 15.2 Å². The van der Waals surface area contributed by atoms with Crippen molar-refractivity contribution < 1.29 is 18.3 Å². The fourth-order valence-corrected chi connectivity index (χ4v) is 1.91. The molecule has 18 heavy (non-hydrogen) atoms. The molecule has 1 atom stereocenters. The van der Waals surface area contributed by atoms with E-state index >= 15 is 0 Å². The van der Waals surface area contributed by atoms with Gasteiger partial charge in [0.05, 0.1) is 25.5 Å². The lowest BCUT2D eigenvalue weighted by molar-refractivity contribution is 0.140. The van der Waals surface area contributed by atoms with E-state index in [0.717, 1.165) is 6.26 Å². The van der Waals surface area contributed by atoms with E-state index in [0.29, 0.717) is 19.7 Å². The van der Waals surface area contributed by atoms with Crippen molar-refractivity contribution in [2.75, 3.05) is 33.1 Å². The Balaban J connectivity index is 2.40. The number of sulfone groups is 1. The van der Waals surface area contributed by atoms with Crippen molar-refractivity contribution in [3.8, 4) is 0 Å². The zero-order valence-electron chi connectivity index (χ0n) is 10.5. The predicted molar refractivity (Wildman–Crippen MR) is 66.1 cm³/mol. The molecule has 1 rings (SSSR count). The normalized spacial score (nSPS) is 13.7. The lowest BCUT2D eigenvalue weighted by Crippen LogP contribution is -2.32. The fraction of sp³-hybridized carbons (Fsp3) is 0.700. The molecule has 1 unspecified atom stereocenters. The summed E-state index contributed by atoms with van der Waals surface area (Å²) in [5.74, 6) is 0. The molecule has 0 aliphatic rings. The van der Waals surface area contributed by atoms with Crippen LogP contribution in [-0.2, 0) is 21.1 Å². The predicted octanol–water partition coefficient (Wildman–Crippen LogP) is -1.12. The van der Waals surface area contributed by atoms with Crippen LogP contribution >= 0.6 is 0 Å². The molecule has 0 amide bonds. The zero-order chi connectivity index (χ0) is 13.6. The third-order valence-electron chi connectivity index (χ3n) is 2.30. The van der Waals surface area contributed by atoms with Gasteiger partial charge in [-0.15, -0.1) is 0 Å². The molecule has 0 saturated heterocycles. The summed E-state index contributed by atoms with van der Waals surface area (Å²) >= 11 is 0. The number of methoxy groups -OCH3 is 1. The van der Waals surface area contributed by atoms with Crippen LogP contribution in [0.5, 0.6) is 0 Å². The standard InChI is InChI=1S/C10H19N3O4S/c1-17-4-3-11-5-9(14)7-13-8-10(6-12-13)18(2,15)16/h6,8-9,11,14H,3-5,7H2,1-2H3. The van der Waals surface area contributed by atoms with Gasteiger partial charge in [-0.05, 0) is 0 Å². The summed E-state index contributed by atoms with van der Waals surface area (Å²) in [6.07, 6.45) is 3.18. The van der Waals surface area contributed by atoms with Gasteiger partial charge in [0.15, 0.2) is 9.84 Å². The zero-order valence-corrected chi connectivity index (χ0v) is 11.4. The first kappa shape index (κ1) is 15.1. The summed E-state index contributed by atoms with van der Waals surface area (Å²) < 4.78 is 28.7. The van der Waals surface area contributed by atoms with Crippen LogP contribution in [-0.4, -0.2) is 62.5 Å². The van der Waals surface area contributed by atoms with Crippen LogP contribution in [0.4, 0.5) is 0 Å². The quantitative estimate of drug-likeness (QED) is 0.585. The first-order chi connectivity index (χ1) is 8.43. The van der Waals surface area contributed by atoms with Crippen molar-refractivity contribution in [2.45, 2.75) is 17.5 Å². The number of rotatable bonds is 8. The highest BCUT2D eigenvalue weighted by atomic mass is 32.2. The molecule has 0 aliphatic heterocycles. The minimum Gasteiger partial charge on any atom is -0.390 e. The van der Waals surface area contributed by atoms with Crippen molar-refractivity contribution in [3.63, 3.8) is 0 Å². The highest BCUT2D eigenvalue weighted by Gasteiger charge is 2.11. The first-order valence-electron chi connectivity index (χ1n) is 5.53. The van der Waals surface area contributed by atoms with E-state index < -0.39 is 15.9 Å². The summed E-state index contributed by atoms with van der Waals surface area (Å²) in [6, 6.07) is 0. The highest BCUT2D eigenvalue weighted by Crippen LogP contribution is 2.06. The molecule has 104 valence electrons. The van der Waals surface area contributed by atoms with Crippen LogP contribution < -0.4 is 5.32 Å². The van der Waals surface area contributed by atoms with Gasteiger partial charge in [-0.25, -0.2) is 8.42 Å². The van der Waals surface area contributed by atoms with Gasteiger partial charge in [0.25, 0.3) is 0 Å². The molecule has 1 aromatic heterocycles. The molecular formula is C10H19N3O4S. The number of hydrogen-bond acceptors (Lipinski definition) is 6. The van der Waals surface area contributed by atoms with Gasteiger partial charge in [0.2, 0.25) is 0 Å². The van der Waals surface area contributed by atoms with Crippen molar-refractivity contribution >= 4 is 9.84 Å². The molecule has 0 radical (unpaired) electrons. The molecular weight excluding hydrogens is 258 g/mol. The van der Waals surface area contributed by atoms with Gasteiger partial charge in [-0.1, -0.05) is 0 Å². The number of aliphatic hydroxyl groups is 1. The van der Waals surface area contributed by atoms with Crippen LogP contribution in [0, 0.1) is 0 Å². The van der Waals surface area contributed by atoms with Crippen molar-refractivity contribution in [2.24, 2.45) is 0 Å². The number of aliphatic hydroxyl groups excluding tert-OH is 1. The molecule has 0 aliphatic carbocycles. The second kappa shape index (κ2) is 6.83. The van der Waals surface area contributed by atoms with Crippen LogP contribution in [0.1, 0.15) is 0 Å². The number of nitrogens with zero attached hydrogens (tertiary/aromatic N) is 2. The Bertz CT molecular complexity index is 457. The molecule has 0 fully saturated rings. The maximum Gasteiger partial charge on any atom is 0.178 e. The Morgan fingerprint density at radius 1 is 1.61 bits per heavy atom. The summed E-state index contributed by atoms with van der Waals surface area (Å²) in [6.45, 7) is 1.88. The second-order valence-electron chi connectivity index (χ2n) is 4.02. The van der Waals surface area contributed by atoms with E-state index in [4.69, 9.17) is 4.74 Å². The Hall–Kier alpha value is -0.960. The highest BCUT2D eigenvalue weighted by molar-refractivity contribution is 7.90. The van der Waals surface area contributed by atoms with Gasteiger partial charge in [-0.2, -0.15) is 5.10 Å². The fourth-order valence-electron chi connectivity index (χ4n) is 1.36. The van der Waals surface area contributed by atoms with E-state index in [9.17, 15) is 13.5 Å². The van der Waals surface area contributed by atoms with E-state index in [2.05, 4.69) is 10.4 Å². The number of ether oxygens (including phenoxy) is 1. The minimum absolute atomic E-state index is 0.155. The smallest absolute Gasteiger partial charge is 0.178 e. The summed E-state index contributed by atoms with van der Waals surface area (Å²) in [7, 11) is -1.63. The average molecular weight is 277 g/mol. The lowest BCUT2D eigenvalue weighted by atomic mass is 10.3. The Labute approximate surface area is 107 Å². The van der Waals surface area contributed by atoms with Crippen LogP contribution in [0.15, 0.2) is 17.3 Å². The third-order valence-corrected chi connectivity index (χ3v) is 3.37. The van der Waals surface area contributed by atoms with Gasteiger partial charge in [-0.3, -0.25) is 4.68 Å². The SMILES string of the molecule is COCCNCC(O)Cn1cc(S(C)(=O)=O)cn1. The second-order valence-corrected chi connectivity index (χ2v) is 6.04. The molecule has 0 saturated carbocycles. The summed E-state index contributed by atoms with van der Waals surface area (Å²) in [4.78, 5) is 0.155. The van der Waals surface area contributed by atoms with Crippen molar-refractivity contribution in [1.82, 2.24) is 15.1 Å².